The molecule has 0 N–H and O–H groups in total. The Kier molecular flexibility index (Phi) is 11.1. The van der Waals surface area contributed by atoms with Crippen molar-refractivity contribution in [2.24, 2.45) is 0 Å². The van der Waals surface area contributed by atoms with Crippen molar-refractivity contribution in [2.75, 3.05) is 0 Å². The molecule has 0 aliphatic heterocycles. The van der Waals surface area contributed by atoms with Gasteiger partial charge >= 0.3 is 0 Å². The Morgan fingerprint density at radius 2 is 0.675 bits per heavy atom. The van der Waals surface area contributed by atoms with E-state index in [9.17, 15) is 5.26 Å². The summed E-state index contributed by atoms with van der Waals surface area (Å²) in [5.41, 5.74) is 18.2. The lowest BCUT2D eigenvalue weighted by Crippen LogP contribution is -2.05. The fourth-order valence-corrected chi connectivity index (χ4v) is 12.3. The van der Waals surface area contributed by atoms with E-state index in [0.717, 1.165) is 110 Å². The van der Waals surface area contributed by atoms with E-state index < -0.39 is 0 Å². The molecule has 83 heavy (non-hydrogen) atoms. The van der Waals surface area contributed by atoms with E-state index in [4.69, 9.17) is 19.4 Å². The van der Waals surface area contributed by atoms with Gasteiger partial charge in [-0.25, -0.2) is 15.0 Å². The van der Waals surface area contributed by atoms with Gasteiger partial charge in [0, 0.05) is 44.1 Å². The summed E-state index contributed by atoms with van der Waals surface area (Å²) in [6.07, 6.45) is 0. The molecule has 0 saturated carbocycles. The summed E-state index contributed by atoms with van der Waals surface area (Å²) in [6, 6.07) is 100.0. The van der Waals surface area contributed by atoms with Crippen LogP contribution in [0.5, 0.6) is 0 Å². The van der Waals surface area contributed by atoms with E-state index >= 15 is 0 Å². The number of furan rings is 1. The second-order valence-corrected chi connectivity index (χ2v) is 21.0. The van der Waals surface area contributed by atoms with Crippen LogP contribution < -0.4 is 0 Å². The Hall–Kier alpha value is -11.5. The van der Waals surface area contributed by atoms with Crippen molar-refractivity contribution in [3.63, 3.8) is 0 Å². The van der Waals surface area contributed by atoms with Gasteiger partial charge in [-0.2, -0.15) is 5.26 Å². The van der Waals surface area contributed by atoms with Gasteiger partial charge in [-0.1, -0.05) is 218 Å². The predicted molar refractivity (Wildman–Crippen MR) is 339 cm³/mol. The van der Waals surface area contributed by atoms with Gasteiger partial charge in [0.2, 0.25) is 0 Å². The molecule has 4 heterocycles. The Morgan fingerprint density at radius 1 is 0.313 bits per heavy atom. The van der Waals surface area contributed by atoms with Crippen LogP contribution in [-0.2, 0) is 0 Å². The quantitative estimate of drug-likeness (QED) is 0.144. The van der Waals surface area contributed by atoms with E-state index in [-0.39, 0.29) is 0 Å². The predicted octanol–water partition coefficient (Wildman–Crippen LogP) is 19.5. The molecule has 0 atom stereocenters. The Balaban J connectivity index is 1.04. The molecule has 0 spiro atoms. The minimum Gasteiger partial charge on any atom is -0.455 e. The van der Waals surface area contributed by atoms with Crippen LogP contribution >= 0.6 is 0 Å². The average molecular weight is 1060 g/mol. The number of nitriles is 1. The third kappa shape index (κ3) is 7.92. The number of nitrogens with zero attached hydrogens (tertiary/aromatic N) is 6. The number of hydrogen-bond acceptors (Lipinski definition) is 5. The molecular weight excluding hydrogens is 1010 g/mol. The standard InChI is InChI=1S/C76H46N6O/c77-47-64-69(81-65-38-34-54(48-20-7-1-8-21-48)42-60(65)61-43-55(35-39-66(61)81)49-22-9-2-10-23-49)46-70-71(58-32-19-33-59(73(58)83-70)76-79-74(52-28-15-5-16-29-52)78-75(80-76)53-30-17-6-18-31-53)72(64)82-67-40-36-56(50-24-11-3-12-25-50)44-62(67)63-45-57(37-41-68(63)82)51-26-13-4-14-27-51/h1-46H. The molecule has 7 nitrogen and oxygen atoms in total. The summed E-state index contributed by atoms with van der Waals surface area (Å²) >= 11 is 0. The van der Waals surface area contributed by atoms with Crippen LogP contribution in [0.3, 0.4) is 0 Å². The van der Waals surface area contributed by atoms with Crippen LogP contribution in [-0.4, -0.2) is 24.1 Å². The Labute approximate surface area is 477 Å². The molecule has 0 aliphatic carbocycles. The first kappa shape index (κ1) is 47.5. The molecule has 0 amide bonds. The molecule has 0 bridgehead atoms. The smallest absolute Gasteiger partial charge is 0.167 e. The van der Waals surface area contributed by atoms with Crippen molar-refractivity contribution in [3.05, 3.63) is 285 Å². The van der Waals surface area contributed by atoms with E-state index in [1.807, 2.05) is 84.9 Å². The van der Waals surface area contributed by atoms with Crippen molar-refractivity contribution < 1.29 is 4.42 Å². The highest BCUT2D eigenvalue weighted by molar-refractivity contribution is 6.19. The van der Waals surface area contributed by atoms with Gasteiger partial charge < -0.3 is 13.6 Å². The lowest BCUT2D eigenvalue weighted by Gasteiger charge is -2.17. The molecular formula is C76H46N6O. The molecule has 0 unspecified atom stereocenters. The number of hydrogen-bond donors (Lipinski definition) is 0. The summed E-state index contributed by atoms with van der Waals surface area (Å²) in [5, 5.41) is 18.1. The third-order valence-corrected chi connectivity index (χ3v) is 16.2. The van der Waals surface area contributed by atoms with Gasteiger partial charge in [0.05, 0.1) is 44.4 Å². The van der Waals surface area contributed by atoms with Gasteiger partial charge in [-0.05, 0) is 99.1 Å². The first-order valence-electron chi connectivity index (χ1n) is 27.8. The molecule has 0 fully saturated rings. The van der Waals surface area contributed by atoms with Crippen LogP contribution in [0, 0.1) is 11.3 Å². The van der Waals surface area contributed by atoms with Crippen LogP contribution in [0.15, 0.2) is 283 Å². The second kappa shape index (κ2) is 19.4. The Morgan fingerprint density at radius 3 is 1.06 bits per heavy atom. The summed E-state index contributed by atoms with van der Waals surface area (Å²) < 4.78 is 12.0. The van der Waals surface area contributed by atoms with E-state index in [2.05, 4.69) is 209 Å². The molecule has 386 valence electrons. The maximum absolute atomic E-state index is 12.3. The van der Waals surface area contributed by atoms with Crippen molar-refractivity contribution in [1.29, 1.82) is 5.26 Å². The van der Waals surface area contributed by atoms with E-state index in [0.29, 0.717) is 51.1 Å². The summed E-state index contributed by atoms with van der Waals surface area (Å²) in [7, 11) is 0. The average Bonchev–Trinajstić information content (AvgIpc) is 2.35. The first-order chi connectivity index (χ1) is 41.1. The van der Waals surface area contributed by atoms with Crippen LogP contribution in [0.25, 0.3) is 156 Å². The van der Waals surface area contributed by atoms with E-state index in [1.165, 1.54) is 0 Å². The van der Waals surface area contributed by atoms with Gasteiger partial charge in [0.15, 0.2) is 17.5 Å². The highest BCUT2D eigenvalue weighted by Crippen LogP contribution is 2.47. The van der Waals surface area contributed by atoms with Gasteiger partial charge in [0.25, 0.3) is 0 Å². The monoisotopic (exact) mass is 1060 g/mol. The second-order valence-electron chi connectivity index (χ2n) is 21.0. The molecule has 16 aromatic rings. The molecule has 0 radical (unpaired) electrons. The molecule has 0 aliphatic rings. The van der Waals surface area contributed by atoms with Crippen molar-refractivity contribution in [1.82, 2.24) is 24.1 Å². The fourth-order valence-electron chi connectivity index (χ4n) is 12.3. The van der Waals surface area contributed by atoms with Crippen molar-refractivity contribution in [3.8, 4) is 96.1 Å². The molecule has 7 heteroatoms. The van der Waals surface area contributed by atoms with Crippen LogP contribution in [0.4, 0.5) is 0 Å². The number of benzene rings is 12. The van der Waals surface area contributed by atoms with Gasteiger partial charge in [0.1, 0.15) is 22.8 Å². The van der Waals surface area contributed by atoms with Gasteiger partial charge in [-0.15, -0.1) is 0 Å². The zero-order chi connectivity index (χ0) is 55.0. The normalized spacial score (nSPS) is 11.6. The summed E-state index contributed by atoms with van der Waals surface area (Å²) in [4.78, 5) is 15.5. The van der Waals surface area contributed by atoms with Crippen LogP contribution in [0.2, 0.25) is 0 Å². The third-order valence-electron chi connectivity index (χ3n) is 16.2. The highest BCUT2D eigenvalue weighted by atomic mass is 16.3. The molecule has 12 aromatic carbocycles. The number of fused-ring (bicyclic) bond motifs is 9. The van der Waals surface area contributed by atoms with Crippen molar-refractivity contribution >= 4 is 65.6 Å². The molecule has 16 rings (SSSR count). The maximum atomic E-state index is 12.3. The van der Waals surface area contributed by atoms with Crippen molar-refractivity contribution in [2.45, 2.75) is 0 Å². The number of aromatic nitrogens is 5. The lowest BCUT2D eigenvalue weighted by atomic mass is 10.0. The Bertz CT molecular complexity index is 4990. The molecule has 4 aromatic heterocycles. The minimum atomic E-state index is 0.467. The summed E-state index contributed by atoms with van der Waals surface area (Å²) in [6.45, 7) is 0. The van der Waals surface area contributed by atoms with Gasteiger partial charge in [-0.3, -0.25) is 0 Å². The first-order valence-corrected chi connectivity index (χ1v) is 27.8. The molecule has 0 saturated heterocycles. The number of rotatable bonds is 9. The summed E-state index contributed by atoms with van der Waals surface area (Å²) in [5.74, 6) is 1.56. The minimum absolute atomic E-state index is 0.467. The topological polar surface area (TPSA) is 85.5 Å². The SMILES string of the molecule is N#Cc1c(-n2c3ccc(-c4ccccc4)cc3c3cc(-c4ccccc4)ccc32)cc2oc3c(-c4nc(-c5ccccc5)nc(-c5ccccc5)n4)cccc3c2c1-n1c2ccc(-c3ccccc3)cc2c2cc(-c3ccccc3)ccc21. The fraction of sp³-hybridized carbons (Fsp3) is 0. The highest BCUT2D eigenvalue weighted by Gasteiger charge is 2.29. The zero-order valence-electron chi connectivity index (χ0n) is 44.6. The largest absolute Gasteiger partial charge is 0.455 e. The zero-order valence-corrected chi connectivity index (χ0v) is 44.6. The number of para-hydroxylation sites is 1. The maximum Gasteiger partial charge on any atom is 0.167 e. The lowest BCUT2D eigenvalue weighted by molar-refractivity contribution is 0.669. The van der Waals surface area contributed by atoms with Crippen LogP contribution in [0.1, 0.15) is 5.56 Å². The van der Waals surface area contributed by atoms with E-state index in [1.54, 1.807) is 0 Å².